The quantitative estimate of drug-likeness (QED) is 0.217. The van der Waals surface area contributed by atoms with Gasteiger partial charge < -0.3 is 23.9 Å². The molecule has 7 rings (SSSR count). The van der Waals surface area contributed by atoms with Crippen LogP contribution in [0.5, 0.6) is 11.5 Å². The van der Waals surface area contributed by atoms with E-state index in [9.17, 15) is 20.3 Å². The van der Waals surface area contributed by atoms with Crippen LogP contribution in [0.25, 0.3) is 44.6 Å². The van der Waals surface area contributed by atoms with Crippen LogP contribution >= 0.6 is 0 Å². The van der Waals surface area contributed by atoms with Gasteiger partial charge in [0.05, 0.1) is 12.7 Å². The zero-order chi connectivity index (χ0) is 32.7. The van der Waals surface area contributed by atoms with Crippen molar-refractivity contribution in [3.63, 3.8) is 0 Å². The Morgan fingerprint density at radius 2 is 1.77 bits per heavy atom. The Labute approximate surface area is 270 Å². The van der Waals surface area contributed by atoms with Crippen LogP contribution in [0, 0.1) is 25.2 Å². The molecule has 1 aliphatic heterocycles. The largest absolute Gasteiger partial charge is 0.455 e. The van der Waals surface area contributed by atoms with E-state index in [-0.39, 0.29) is 41.8 Å². The third-order valence-corrected chi connectivity index (χ3v) is 8.82. The van der Waals surface area contributed by atoms with Crippen molar-refractivity contribution in [2.75, 3.05) is 19.7 Å². The van der Waals surface area contributed by atoms with Crippen LogP contribution in [-0.4, -0.2) is 55.4 Å². The Balaban J connectivity index is 1.22. The first-order valence-electron chi connectivity index (χ1n) is 15.6. The molecule has 0 aliphatic carbocycles. The summed E-state index contributed by atoms with van der Waals surface area (Å²) in [6.45, 7) is 6.10. The second-order valence-corrected chi connectivity index (χ2v) is 11.9. The number of ether oxygens (including phenoxy) is 1. The summed E-state index contributed by atoms with van der Waals surface area (Å²) >= 11 is 0. The topological polar surface area (TPSA) is 138 Å². The monoisotopic (exact) mass is 627 g/mol. The molecule has 1 fully saturated rings. The number of β-amino-alcohol motifs (C(OH)–C–C–N with tert-alkyl or cyclic N) is 1. The second kappa shape index (κ2) is 12.5. The number of likely N-dealkylation sites (tertiary alicyclic amines) is 1. The first-order chi connectivity index (χ1) is 22.8. The lowest BCUT2D eigenvalue weighted by molar-refractivity contribution is 0.175. The van der Waals surface area contributed by atoms with Crippen molar-refractivity contribution in [3.05, 3.63) is 106 Å². The Morgan fingerprint density at radius 1 is 1.02 bits per heavy atom. The normalized spacial score (nSPS) is 15.0. The lowest BCUT2D eigenvalue weighted by atomic mass is 9.93. The smallest absolute Gasteiger partial charge is 0.280 e. The molecule has 4 heterocycles. The average molecular weight is 628 g/mol. The highest BCUT2D eigenvalue weighted by Gasteiger charge is 2.22. The molecule has 10 heteroatoms. The van der Waals surface area contributed by atoms with E-state index in [0.29, 0.717) is 23.6 Å². The van der Waals surface area contributed by atoms with Gasteiger partial charge in [-0.3, -0.25) is 14.7 Å². The van der Waals surface area contributed by atoms with Gasteiger partial charge >= 0.3 is 0 Å². The van der Waals surface area contributed by atoms with Gasteiger partial charge in [-0.05, 0) is 72.4 Å². The maximum absolute atomic E-state index is 13.0. The van der Waals surface area contributed by atoms with Gasteiger partial charge in [0.25, 0.3) is 5.56 Å². The molecule has 3 aromatic carbocycles. The molecular weight excluding hydrogens is 594 g/mol. The Bertz CT molecular complexity index is 2250. The minimum atomic E-state index is -0.428. The highest BCUT2D eigenvalue weighted by Crippen LogP contribution is 2.39. The Kier molecular flexibility index (Phi) is 8.03. The molecule has 0 saturated carbocycles. The summed E-state index contributed by atoms with van der Waals surface area (Å²) in [6.07, 6.45) is 3.81. The van der Waals surface area contributed by atoms with Gasteiger partial charge in [-0.2, -0.15) is 5.26 Å². The number of oxazole rings is 1. The predicted molar refractivity (Wildman–Crippen MR) is 178 cm³/mol. The summed E-state index contributed by atoms with van der Waals surface area (Å²) in [6, 6.07) is 21.8. The molecule has 6 aromatic rings. The summed E-state index contributed by atoms with van der Waals surface area (Å²) in [5, 5.41) is 29.9. The number of aliphatic hydroxyl groups is 2. The van der Waals surface area contributed by atoms with Gasteiger partial charge in [-0.1, -0.05) is 36.4 Å². The zero-order valence-corrected chi connectivity index (χ0v) is 26.1. The maximum Gasteiger partial charge on any atom is 0.280 e. The fourth-order valence-electron chi connectivity index (χ4n) is 6.38. The molecule has 1 atom stereocenters. The van der Waals surface area contributed by atoms with Crippen LogP contribution in [0.15, 0.2) is 82.3 Å². The molecule has 0 bridgehead atoms. The molecule has 0 unspecified atom stereocenters. The predicted octanol–water partition coefficient (Wildman–Crippen LogP) is 5.71. The van der Waals surface area contributed by atoms with Gasteiger partial charge in [0, 0.05) is 49.5 Å². The standard InChI is InChI=1S/C37H33N5O5/c1-22-28(7-4-9-30(22)36-40-34-35(47-36)26(17-38)20-42(14-15-43)37(34)45)29-8-5-10-31(23(29)2)46-32-11-3-6-25-16-24(18-39-33(25)32)19-41-13-12-27(44)21-41/h3-11,16,18,20,27,43-44H,12-15,19,21H2,1-2H3/t27-/m1/s1. The number of para-hydroxylation sites is 1. The zero-order valence-electron chi connectivity index (χ0n) is 26.1. The first-order valence-corrected chi connectivity index (χ1v) is 15.6. The van der Waals surface area contributed by atoms with Crippen LogP contribution in [0.4, 0.5) is 0 Å². The van der Waals surface area contributed by atoms with Crippen molar-refractivity contribution < 1.29 is 19.4 Å². The van der Waals surface area contributed by atoms with Crippen LogP contribution in [0.3, 0.4) is 0 Å². The lowest BCUT2D eigenvalue weighted by Gasteiger charge is -2.17. The number of fused-ring (bicyclic) bond motifs is 2. The van der Waals surface area contributed by atoms with Crippen molar-refractivity contribution >= 4 is 22.0 Å². The van der Waals surface area contributed by atoms with E-state index in [1.165, 1.54) is 10.8 Å². The van der Waals surface area contributed by atoms with Crippen LogP contribution in [-0.2, 0) is 13.1 Å². The number of aliphatic hydroxyl groups excluding tert-OH is 2. The van der Waals surface area contributed by atoms with Crippen molar-refractivity contribution in [1.29, 1.82) is 5.26 Å². The Morgan fingerprint density at radius 3 is 2.53 bits per heavy atom. The summed E-state index contributed by atoms with van der Waals surface area (Å²) in [7, 11) is 0. The number of nitrogens with zero attached hydrogens (tertiary/aromatic N) is 5. The molecule has 10 nitrogen and oxygen atoms in total. The van der Waals surface area contributed by atoms with Gasteiger partial charge in [0.2, 0.25) is 5.89 Å². The second-order valence-electron chi connectivity index (χ2n) is 11.9. The number of hydrogen-bond acceptors (Lipinski definition) is 9. The van der Waals surface area contributed by atoms with Crippen molar-refractivity contribution in [2.24, 2.45) is 0 Å². The summed E-state index contributed by atoms with van der Waals surface area (Å²) in [4.78, 5) is 24.5. The number of rotatable bonds is 8. The fourth-order valence-corrected chi connectivity index (χ4v) is 6.38. The molecular formula is C37H33N5O5. The molecule has 2 N–H and O–H groups in total. The maximum atomic E-state index is 13.0. The highest BCUT2D eigenvalue weighted by atomic mass is 16.5. The van der Waals surface area contributed by atoms with Gasteiger partial charge in [0.1, 0.15) is 22.9 Å². The van der Waals surface area contributed by atoms with E-state index in [4.69, 9.17) is 14.1 Å². The van der Waals surface area contributed by atoms with Crippen LogP contribution in [0.1, 0.15) is 28.7 Å². The average Bonchev–Trinajstić information content (AvgIpc) is 3.70. The summed E-state index contributed by atoms with van der Waals surface area (Å²) in [5.41, 5.74) is 6.21. The molecule has 0 amide bonds. The number of aromatic nitrogens is 3. The fraction of sp³-hybridized carbons (Fsp3) is 0.243. The third-order valence-electron chi connectivity index (χ3n) is 8.82. The molecule has 3 aromatic heterocycles. The number of pyridine rings is 2. The minimum absolute atomic E-state index is 0.0505. The molecule has 1 saturated heterocycles. The van der Waals surface area contributed by atoms with E-state index in [2.05, 4.69) is 22.0 Å². The number of nitriles is 1. The van der Waals surface area contributed by atoms with Gasteiger partial charge in [-0.25, -0.2) is 4.98 Å². The van der Waals surface area contributed by atoms with Crippen molar-refractivity contribution in [3.8, 4) is 40.1 Å². The van der Waals surface area contributed by atoms with Gasteiger partial charge in [-0.15, -0.1) is 0 Å². The first kappa shape index (κ1) is 30.3. The number of benzene rings is 3. The summed E-state index contributed by atoms with van der Waals surface area (Å²) in [5.74, 6) is 1.59. The lowest BCUT2D eigenvalue weighted by Crippen LogP contribution is -2.22. The van der Waals surface area contributed by atoms with E-state index < -0.39 is 5.56 Å². The van der Waals surface area contributed by atoms with E-state index in [1.54, 1.807) is 0 Å². The van der Waals surface area contributed by atoms with E-state index >= 15 is 0 Å². The highest BCUT2D eigenvalue weighted by molar-refractivity contribution is 5.86. The Hall–Kier alpha value is -5.34. The van der Waals surface area contributed by atoms with E-state index in [0.717, 1.165) is 58.2 Å². The van der Waals surface area contributed by atoms with Crippen molar-refractivity contribution in [1.82, 2.24) is 19.4 Å². The molecule has 47 heavy (non-hydrogen) atoms. The SMILES string of the molecule is Cc1c(Oc2cccc3cc(CN4CC[C@@H](O)C4)cnc23)cccc1-c1cccc(-c2nc3c(=O)n(CCO)cc(C#N)c3o2)c1C. The summed E-state index contributed by atoms with van der Waals surface area (Å²) < 4.78 is 13.8. The number of hydrogen-bond donors (Lipinski definition) is 2. The van der Waals surface area contributed by atoms with Crippen LogP contribution < -0.4 is 10.3 Å². The molecule has 0 spiro atoms. The van der Waals surface area contributed by atoms with Gasteiger partial charge in [0.15, 0.2) is 16.8 Å². The van der Waals surface area contributed by atoms with E-state index in [1.807, 2.05) is 74.6 Å². The minimum Gasteiger partial charge on any atom is -0.455 e. The third kappa shape index (κ3) is 5.66. The molecule has 0 radical (unpaired) electrons. The molecule has 236 valence electrons. The molecule has 1 aliphatic rings. The van der Waals surface area contributed by atoms with Crippen LogP contribution in [0.2, 0.25) is 0 Å². The van der Waals surface area contributed by atoms with Crippen molar-refractivity contribution in [2.45, 2.75) is 39.5 Å².